The molecular formula is C9H9N3OS. The smallest absolute Gasteiger partial charge is 0.273 e. The van der Waals surface area contributed by atoms with E-state index in [0.717, 1.165) is 10.4 Å². The number of pyridine rings is 1. The Balaban J connectivity index is 2.34. The monoisotopic (exact) mass is 207 g/mol. The Bertz CT molecular complexity index is 424. The summed E-state index contributed by atoms with van der Waals surface area (Å²) in [5.41, 5.74) is 6.49. The second-order valence-electron chi connectivity index (χ2n) is 2.67. The lowest BCUT2D eigenvalue weighted by Crippen LogP contribution is -1.87. The van der Waals surface area contributed by atoms with Crippen molar-refractivity contribution >= 4 is 17.2 Å². The highest BCUT2D eigenvalue weighted by Crippen LogP contribution is 2.29. The Labute approximate surface area is 85.4 Å². The van der Waals surface area contributed by atoms with Crippen molar-refractivity contribution < 1.29 is 4.74 Å². The number of nitrogen functional groups attached to an aromatic ring is 1. The van der Waals surface area contributed by atoms with Gasteiger partial charge in [0.1, 0.15) is 5.82 Å². The van der Waals surface area contributed by atoms with Crippen LogP contribution in [0.3, 0.4) is 0 Å². The molecule has 0 spiro atoms. The number of nitrogens with two attached hydrogens (primary N) is 1. The first-order valence-electron chi connectivity index (χ1n) is 4.01. The molecule has 0 atom stereocenters. The summed E-state index contributed by atoms with van der Waals surface area (Å²) in [6.45, 7) is 0. The number of aromatic nitrogens is 2. The van der Waals surface area contributed by atoms with Gasteiger partial charge in [0.15, 0.2) is 0 Å². The highest BCUT2D eigenvalue weighted by molar-refractivity contribution is 7.16. The van der Waals surface area contributed by atoms with E-state index in [9.17, 15) is 0 Å². The Morgan fingerprint density at radius 1 is 1.29 bits per heavy atom. The molecule has 2 aromatic heterocycles. The highest BCUT2D eigenvalue weighted by atomic mass is 32.1. The Kier molecular flexibility index (Phi) is 2.32. The zero-order valence-electron chi connectivity index (χ0n) is 7.60. The van der Waals surface area contributed by atoms with Crippen molar-refractivity contribution in [2.45, 2.75) is 0 Å². The highest BCUT2D eigenvalue weighted by Gasteiger charge is 2.03. The molecule has 2 N–H and O–H groups in total. The van der Waals surface area contributed by atoms with Gasteiger partial charge >= 0.3 is 0 Å². The maximum atomic E-state index is 5.49. The molecule has 14 heavy (non-hydrogen) atoms. The van der Waals surface area contributed by atoms with E-state index in [0.29, 0.717) is 11.0 Å². The minimum Gasteiger partial charge on any atom is -0.473 e. The summed E-state index contributed by atoms with van der Waals surface area (Å²) >= 11 is 1.48. The van der Waals surface area contributed by atoms with Crippen molar-refractivity contribution in [3.63, 3.8) is 0 Å². The molecule has 0 bridgehead atoms. The Morgan fingerprint density at radius 2 is 2.14 bits per heavy atom. The molecule has 0 saturated heterocycles. The number of ether oxygens (including phenoxy) is 1. The second-order valence-corrected chi connectivity index (χ2v) is 3.66. The van der Waals surface area contributed by atoms with Gasteiger partial charge in [-0.05, 0) is 12.1 Å². The van der Waals surface area contributed by atoms with E-state index >= 15 is 0 Å². The summed E-state index contributed by atoms with van der Waals surface area (Å²) in [7, 11) is 1.60. The molecule has 2 rings (SSSR count). The first-order valence-corrected chi connectivity index (χ1v) is 4.83. The molecule has 4 nitrogen and oxygen atoms in total. The van der Waals surface area contributed by atoms with Crippen LogP contribution in [0.25, 0.3) is 10.4 Å². The summed E-state index contributed by atoms with van der Waals surface area (Å²) in [5, 5.41) is 0.650. The maximum Gasteiger partial charge on any atom is 0.273 e. The molecule has 0 unspecified atom stereocenters. The molecule has 2 heterocycles. The normalized spacial score (nSPS) is 10.1. The average molecular weight is 207 g/mol. The van der Waals surface area contributed by atoms with E-state index in [2.05, 4.69) is 9.97 Å². The zero-order chi connectivity index (χ0) is 9.97. The van der Waals surface area contributed by atoms with Crippen molar-refractivity contribution in [2.75, 3.05) is 12.8 Å². The summed E-state index contributed by atoms with van der Waals surface area (Å²) in [5.74, 6) is 0.519. The fourth-order valence-electron chi connectivity index (χ4n) is 1.04. The molecule has 0 fully saturated rings. The SMILES string of the molecule is COc1ncc(-c2ccc(N)nc2)s1. The molecule has 2 aromatic rings. The molecule has 0 aliphatic rings. The molecule has 0 aliphatic heterocycles. The fourth-order valence-corrected chi connectivity index (χ4v) is 1.76. The lowest BCUT2D eigenvalue weighted by Gasteiger charge is -1.95. The van der Waals surface area contributed by atoms with Crippen molar-refractivity contribution in [3.8, 4) is 15.6 Å². The van der Waals surface area contributed by atoms with Crippen LogP contribution in [0.2, 0.25) is 0 Å². The molecule has 5 heteroatoms. The quantitative estimate of drug-likeness (QED) is 0.815. The van der Waals surface area contributed by atoms with Crippen LogP contribution in [0.15, 0.2) is 24.5 Å². The van der Waals surface area contributed by atoms with Gasteiger partial charge in [-0.3, -0.25) is 0 Å². The van der Waals surface area contributed by atoms with Gasteiger partial charge in [0, 0.05) is 18.0 Å². The van der Waals surface area contributed by atoms with Crippen LogP contribution in [0.5, 0.6) is 5.19 Å². The van der Waals surface area contributed by atoms with Gasteiger partial charge in [-0.25, -0.2) is 9.97 Å². The molecule has 0 aromatic carbocycles. The van der Waals surface area contributed by atoms with Gasteiger partial charge in [0.25, 0.3) is 5.19 Å². The lowest BCUT2D eigenvalue weighted by molar-refractivity contribution is 0.412. The molecule has 0 radical (unpaired) electrons. The lowest BCUT2D eigenvalue weighted by atomic mass is 10.2. The van der Waals surface area contributed by atoms with Crippen LogP contribution in [0, 0.1) is 0 Å². The summed E-state index contributed by atoms with van der Waals surface area (Å²) in [6, 6.07) is 3.68. The van der Waals surface area contributed by atoms with Crippen LogP contribution in [0.4, 0.5) is 5.82 Å². The van der Waals surface area contributed by atoms with Crippen molar-refractivity contribution in [3.05, 3.63) is 24.5 Å². The van der Waals surface area contributed by atoms with E-state index in [1.54, 1.807) is 25.6 Å². The van der Waals surface area contributed by atoms with E-state index in [4.69, 9.17) is 10.5 Å². The van der Waals surface area contributed by atoms with Gasteiger partial charge in [0.05, 0.1) is 12.0 Å². The predicted octanol–water partition coefficient (Wildman–Crippen LogP) is 1.80. The van der Waals surface area contributed by atoms with Crippen LogP contribution in [0.1, 0.15) is 0 Å². The van der Waals surface area contributed by atoms with Gasteiger partial charge in [-0.2, -0.15) is 0 Å². The third-order valence-electron chi connectivity index (χ3n) is 1.73. The number of nitrogens with zero attached hydrogens (tertiary/aromatic N) is 2. The van der Waals surface area contributed by atoms with Gasteiger partial charge in [-0.1, -0.05) is 11.3 Å². The standard InChI is InChI=1S/C9H9N3OS/c1-13-9-12-5-7(14-9)6-2-3-8(10)11-4-6/h2-5H,1H3,(H2,10,11). The van der Waals surface area contributed by atoms with Gasteiger partial charge < -0.3 is 10.5 Å². The average Bonchev–Trinajstić information content (AvgIpc) is 2.67. The number of thiazole rings is 1. The van der Waals surface area contributed by atoms with E-state index < -0.39 is 0 Å². The first kappa shape index (κ1) is 8.96. The molecule has 0 saturated carbocycles. The zero-order valence-corrected chi connectivity index (χ0v) is 8.41. The van der Waals surface area contributed by atoms with Crippen LogP contribution < -0.4 is 10.5 Å². The molecular weight excluding hydrogens is 198 g/mol. The maximum absolute atomic E-state index is 5.49. The van der Waals surface area contributed by atoms with Gasteiger partial charge in [0.2, 0.25) is 0 Å². The fraction of sp³-hybridized carbons (Fsp3) is 0.111. The van der Waals surface area contributed by atoms with E-state index in [1.165, 1.54) is 11.3 Å². The molecule has 0 amide bonds. The van der Waals surface area contributed by atoms with Crippen LogP contribution >= 0.6 is 11.3 Å². The van der Waals surface area contributed by atoms with Crippen LogP contribution in [-0.4, -0.2) is 17.1 Å². The summed E-state index contributed by atoms with van der Waals surface area (Å²) in [6.07, 6.45) is 3.49. The van der Waals surface area contributed by atoms with Crippen molar-refractivity contribution in [1.82, 2.24) is 9.97 Å². The summed E-state index contributed by atoms with van der Waals surface area (Å²) < 4.78 is 5.00. The second kappa shape index (κ2) is 3.63. The van der Waals surface area contributed by atoms with Crippen molar-refractivity contribution in [1.29, 1.82) is 0 Å². The third-order valence-corrected chi connectivity index (χ3v) is 2.74. The number of anilines is 1. The number of methoxy groups -OCH3 is 1. The third kappa shape index (κ3) is 1.67. The molecule has 0 aliphatic carbocycles. The minimum absolute atomic E-state index is 0.519. The minimum atomic E-state index is 0.519. The van der Waals surface area contributed by atoms with E-state index in [-0.39, 0.29) is 0 Å². The topological polar surface area (TPSA) is 61.0 Å². The Hall–Kier alpha value is -1.62. The predicted molar refractivity (Wildman–Crippen MR) is 56.3 cm³/mol. The van der Waals surface area contributed by atoms with Crippen molar-refractivity contribution in [2.24, 2.45) is 0 Å². The largest absolute Gasteiger partial charge is 0.473 e. The van der Waals surface area contributed by atoms with Gasteiger partial charge in [-0.15, -0.1) is 0 Å². The Morgan fingerprint density at radius 3 is 2.71 bits per heavy atom. The summed E-state index contributed by atoms with van der Waals surface area (Å²) in [4.78, 5) is 9.10. The van der Waals surface area contributed by atoms with E-state index in [1.807, 2.05) is 6.07 Å². The molecule has 72 valence electrons. The number of hydrogen-bond acceptors (Lipinski definition) is 5. The van der Waals surface area contributed by atoms with Crippen LogP contribution in [-0.2, 0) is 0 Å². The first-order chi connectivity index (χ1) is 6.79. The number of rotatable bonds is 2. The number of hydrogen-bond donors (Lipinski definition) is 1.